The predicted octanol–water partition coefficient (Wildman–Crippen LogP) is 1.96. The monoisotopic (exact) mass is 370 g/mol. The molecular formula is C12H11IN4O2. The van der Waals surface area contributed by atoms with Gasteiger partial charge < -0.3 is 10.8 Å². The van der Waals surface area contributed by atoms with Crippen LogP contribution in [0.25, 0.3) is 0 Å². The zero-order valence-electron chi connectivity index (χ0n) is 10.0. The van der Waals surface area contributed by atoms with E-state index in [0.717, 1.165) is 9.26 Å². The van der Waals surface area contributed by atoms with Crippen LogP contribution in [0.2, 0.25) is 0 Å². The normalized spacial score (nSPS) is 11.1. The number of carboxylic acid groups (broad SMARTS) is 1. The number of hydrogen-bond donors (Lipinski definition) is 2. The van der Waals surface area contributed by atoms with Gasteiger partial charge in [0.15, 0.2) is 0 Å². The molecule has 0 spiro atoms. The summed E-state index contributed by atoms with van der Waals surface area (Å²) < 4.78 is 2.25. The average Bonchev–Trinajstić information content (AvgIpc) is 2.66. The highest BCUT2D eigenvalue weighted by Gasteiger charge is 2.09. The second kappa shape index (κ2) is 5.39. The molecule has 2 aromatic rings. The van der Waals surface area contributed by atoms with Gasteiger partial charge in [0.25, 0.3) is 0 Å². The number of aromatic carboxylic acids is 1. The van der Waals surface area contributed by atoms with Gasteiger partial charge in [0.05, 0.1) is 23.7 Å². The highest BCUT2D eigenvalue weighted by Crippen LogP contribution is 2.13. The number of anilines is 1. The Bertz CT molecular complexity index is 664. The summed E-state index contributed by atoms with van der Waals surface area (Å²) in [6.07, 6.45) is 3.12. The Morgan fingerprint density at radius 2 is 2.32 bits per heavy atom. The number of carbonyl (C=O) groups is 1. The Balaban J connectivity index is 2.38. The Morgan fingerprint density at radius 1 is 1.58 bits per heavy atom. The first-order valence-corrected chi connectivity index (χ1v) is 6.44. The molecule has 1 heterocycles. The molecule has 0 bridgehead atoms. The van der Waals surface area contributed by atoms with E-state index in [-0.39, 0.29) is 11.5 Å². The number of nitrogens with zero attached hydrogens (tertiary/aromatic N) is 3. The molecule has 6 nitrogen and oxygen atoms in total. The number of nitrogen functional groups attached to an aromatic ring is 1. The SMILES string of the molecule is Cc1cn(N=Cc2ccc(I)cc2C(=O)O)c(N)n1. The fraction of sp³-hybridized carbons (Fsp3) is 0.0833. The molecule has 0 aliphatic carbocycles. The number of halogens is 1. The van der Waals surface area contributed by atoms with Gasteiger partial charge in [-0.2, -0.15) is 5.10 Å². The molecule has 0 amide bonds. The van der Waals surface area contributed by atoms with Gasteiger partial charge in [0.2, 0.25) is 5.95 Å². The largest absolute Gasteiger partial charge is 0.478 e. The Morgan fingerprint density at radius 3 is 2.89 bits per heavy atom. The summed E-state index contributed by atoms with van der Waals surface area (Å²) in [5.74, 6) is -0.731. The number of hydrogen-bond acceptors (Lipinski definition) is 4. The van der Waals surface area contributed by atoms with E-state index >= 15 is 0 Å². The predicted molar refractivity (Wildman–Crippen MR) is 80.5 cm³/mol. The third-order valence-electron chi connectivity index (χ3n) is 2.40. The van der Waals surface area contributed by atoms with Gasteiger partial charge in [-0.1, -0.05) is 6.07 Å². The van der Waals surface area contributed by atoms with Gasteiger partial charge in [-0.05, 0) is 41.6 Å². The molecule has 1 aromatic carbocycles. The summed E-state index contributed by atoms with van der Waals surface area (Å²) in [6.45, 7) is 1.80. The zero-order chi connectivity index (χ0) is 14.0. The van der Waals surface area contributed by atoms with Crippen LogP contribution in [0.1, 0.15) is 21.6 Å². The van der Waals surface area contributed by atoms with Crippen molar-refractivity contribution in [1.29, 1.82) is 0 Å². The molecule has 0 saturated carbocycles. The highest BCUT2D eigenvalue weighted by atomic mass is 127. The molecule has 0 fully saturated rings. The molecule has 1 aromatic heterocycles. The lowest BCUT2D eigenvalue weighted by Crippen LogP contribution is -2.03. The molecule has 0 atom stereocenters. The average molecular weight is 370 g/mol. The second-order valence-electron chi connectivity index (χ2n) is 3.87. The molecule has 0 saturated heterocycles. The summed E-state index contributed by atoms with van der Waals surface area (Å²) in [6, 6.07) is 5.11. The number of rotatable bonds is 3. The van der Waals surface area contributed by atoms with Crippen molar-refractivity contribution in [2.24, 2.45) is 5.10 Å². The van der Waals surface area contributed by atoms with E-state index < -0.39 is 5.97 Å². The third kappa shape index (κ3) is 3.11. The molecule has 19 heavy (non-hydrogen) atoms. The molecule has 7 heteroatoms. The minimum atomic E-state index is -0.991. The van der Waals surface area contributed by atoms with E-state index in [2.05, 4.69) is 32.7 Å². The summed E-state index contributed by atoms with van der Waals surface area (Å²) in [7, 11) is 0. The number of benzene rings is 1. The molecule has 0 aliphatic rings. The summed E-state index contributed by atoms with van der Waals surface area (Å²) in [5.41, 5.74) is 7.11. The van der Waals surface area contributed by atoms with Gasteiger partial charge >= 0.3 is 5.97 Å². The zero-order valence-corrected chi connectivity index (χ0v) is 12.2. The lowest BCUT2D eigenvalue weighted by molar-refractivity contribution is 0.0696. The molecule has 98 valence electrons. The van der Waals surface area contributed by atoms with E-state index in [4.69, 9.17) is 10.8 Å². The van der Waals surface area contributed by atoms with Crippen LogP contribution < -0.4 is 5.73 Å². The van der Waals surface area contributed by atoms with Crippen LogP contribution in [0, 0.1) is 10.5 Å². The summed E-state index contributed by atoms with van der Waals surface area (Å²) >= 11 is 2.06. The van der Waals surface area contributed by atoms with Crippen molar-refractivity contribution in [1.82, 2.24) is 9.66 Å². The van der Waals surface area contributed by atoms with Gasteiger partial charge in [0, 0.05) is 9.13 Å². The summed E-state index contributed by atoms with van der Waals surface area (Å²) in [5, 5.41) is 13.2. The number of nitrogens with two attached hydrogens (primary N) is 1. The second-order valence-corrected chi connectivity index (χ2v) is 5.11. The van der Waals surface area contributed by atoms with E-state index in [1.165, 1.54) is 10.9 Å². The van der Waals surface area contributed by atoms with E-state index in [0.29, 0.717) is 5.56 Å². The fourth-order valence-corrected chi connectivity index (χ4v) is 2.04. The number of imidazole rings is 1. The third-order valence-corrected chi connectivity index (χ3v) is 3.07. The molecule has 0 radical (unpaired) electrons. The maximum atomic E-state index is 11.1. The standard InChI is InChI=1S/C12H11IN4O2/c1-7-6-17(12(14)16-7)15-5-8-2-3-9(13)4-10(8)11(18)19/h2-6H,1H3,(H2,14,16)(H,18,19). The van der Waals surface area contributed by atoms with Gasteiger partial charge in [-0.3, -0.25) is 0 Å². The van der Waals surface area contributed by atoms with E-state index in [9.17, 15) is 4.79 Å². The number of aromatic nitrogens is 2. The molecule has 2 rings (SSSR count). The van der Waals surface area contributed by atoms with Crippen molar-refractivity contribution in [2.45, 2.75) is 6.92 Å². The smallest absolute Gasteiger partial charge is 0.336 e. The maximum Gasteiger partial charge on any atom is 0.336 e. The van der Waals surface area contributed by atoms with Crippen molar-refractivity contribution in [3.63, 3.8) is 0 Å². The minimum absolute atomic E-state index is 0.200. The van der Waals surface area contributed by atoms with Gasteiger partial charge in [0.1, 0.15) is 0 Å². The van der Waals surface area contributed by atoms with Crippen molar-refractivity contribution in [3.8, 4) is 0 Å². The van der Waals surface area contributed by atoms with Crippen LogP contribution in [0.15, 0.2) is 29.5 Å². The fourth-order valence-electron chi connectivity index (χ4n) is 1.55. The first-order valence-electron chi connectivity index (χ1n) is 5.36. The molecule has 0 aliphatic heterocycles. The Labute approximate surface area is 123 Å². The van der Waals surface area contributed by atoms with Crippen LogP contribution in [0.3, 0.4) is 0 Å². The molecule has 3 N–H and O–H groups in total. The Kier molecular flexibility index (Phi) is 3.84. The van der Waals surface area contributed by atoms with Crippen molar-refractivity contribution in [2.75, 3.05) is 5.73 Å². The van der Waals surface area contributed by atoms with Crippen molar-refractivity contribution in [3.05, 3.63) is 44.8 Å². The molecular weight excluding hydrogens is 359 g/mol. The Hall–Kier alpha value is -1.90. The van der Waals surface area contributed by atoms with Gasteiger partial charge in [-0.25, -0.2) is 14.5 Å². The minimum Gasteiger partial charge on any atom is -0.478 e. The first kappa shape index (κ1) is 13.5. The number of carboxylic acids is 1. The summed E-state index contributed by atoms with van der Waals surface area (Å²) in [4.78, 5) is 15.2. The number of aryl methyl sites for hydroxylation is 1. The van der Waals surface area contributed by atoms with Gasteiger partial charge in [-0.15, -0.1) is 0 Å². The van der Waals surface area contributed by atoms with E-state index in [1.807, 2.05) is 6.07 Å². The quantitative estimate of drug-likeness (QED) is 0.638. The maximum absolute atomic E-state index is 11.1. The molecule has 0 unspecified atom stereocenters. The highest BCUT2D eigenvalue weighted by molar-refractivity contribution is 14.1. The lowest BCUT2D eigenvalue weighted by atomic mass is 10.1. The van der Waals surface area contributed by atoms with Crippen LogP contribution in [-0.2, 0) is 0 Å². The van der Waals surface area contributed by atoms with E-state index in [1.54, 1.807) is 25.3 Å². The van der Waals surface area contributed by atoms with Crippen molar-refractivity contribution >= 4 is 40.7 Å². The van der Waals surface area contributed by atoms with Crippen LogP contribution in [-0.4, -0.2) is 27.0 Å². The van der Waals surface area contributed by atoms with Crippen LogP contribution >= 0.6 is 22.6 Å². The van der Waals surface area contributed by atoms with Crippen LogP contribution in [0.4, 0.5) is 5.95 Å². The first-order chi connectivity index (χ1) is 8.97. The topological polar surface area (TPSA) is 93.5 Å². The van der Waals surface area contributed by atoms with Crippen molar-refractivity contribution < 1.29 is 9.90 Å². The lowest BCUT2D eigenvalue weighted by Gasteiger charge is -2.01. The van der Waals surface area contributed by atoms with Crippen LogP contribution in [0.5, 0.6) is 0 Å².